The molecule has 2 unspecified atom stereocenters. The standard InChI is InChI=1S/C77H134NO8P/c1-6-8-10-12-14-16-18-20-22-24-26-28-30-32-33-34-35-36-37-38-39-40-41-42-43-44-45-46-48-50-52-54-56-58-60-62-64-66-68-70-77(80)86-75(74-85-87(81,82)84-72-71-78(3,4)5)73-83-76(79)69-67-65-63-61-59-57-55-53-51-49-47-31-29-27-25-23-21-19-17-15-13-11-9-7-2/h8,10,14,16,20,22,26,28,32-33,35-36,38-39,41-42,44-45,48,50,75H,6-7,9,11-13,15,17-19,21,23-25,27,29-31,34,37,40,43,46-47,49,51-74H2,1-5H3/p+1/b10-8-,16-14-,22-20-,28-26-,33-32-,36-35-,39-38-,42-41-,45-44-,50-48-. The third-order valence-corrected chi connectivity index (χ3v) is 16.2. The quantitative estimate of drug-likeness (QED) is 0.0211. The predicted molar refractivity (Wildman–Crippen MR) is 376 cm³/mol. The van der Waals surface area contributed by atoms with Crippen LogP contribution in [0.2, 0.25) is 0 Å². The van der Waals surface area contributed by atoms with E-state index in [9.17, 15) is 19.0 Å². The first-order chi connectivity index (χ1) is 42.5. The third-order valence-electron chi connectivity index (χ3n) is 15.3. The van der Waals surface area contributed by atoms with E-state index in [-0.39, 0.29) is 32.0 Å². The van der Waals surface area contributed by atoms with Crippen molar-refractivity contribution in [1.29, 1.82) is 0 Å². The molecular weight excluding hydrogens is 1100 g/mol. The van der Waals surface area contributed by atoms with E-state index in [1.165, 1.54) is 161 Å². The first-order valence-electron chi connectivity index (χ1n) is 35.8. The summed E-state index contributed by atoms with van der Waals surface area (Å²) < 4.78 is 34.7. The SMILES string of the molecule is CC/C=C\C/C=C\C/C=C\C/C=C\C/C=C\C/C=C\C/C=C\C/C=C\C/C=C\C/C=C\CCCCCCCCCCC(=O)OC(COC(=O)CCCCCCCCCCCCCCCCCCCCCCCCCC)COP(=O)(O)OCC[N+](C)(C)C. The van der Waals surface area contributed by atoms with Gasteiger partial charge < -0.3 is 18.9 Å². The summed E-state index contributed by atoms with van der Waals surface area (Å²) >= 11 is 0. The van der Waals surface area contributed by atoms with Crippen molar-refractivity contribution in [3.8, 4) is 0 Å². The van der Waals surface area contributed by atoms with Crippen LogP contribution in [0.15, 0.2) is 122 Å². The van der Waals surface area contributed by atoms with Crippen LogP contribution in [-0.2, 0) is 32.7 Å². The second-order valence-corrected chi connectivity index (χ2v) is 26.4. The molecule has 0 saturated carbocycles. The molecule has 2 atom stereocenters. The van der Waals surface area contributed by atoms with Crippen LogP contribution in [0.25, 0.3) is 0 Å². The van der Waals surface area contributed by atoms with Gasteiger partial charge in [-0.1, -0.05) is 322 Å². The minimum atomic E-state index is -4.40. The Labute approximate surface area is 537 Å². The molecule has 0 aromatic rings. The summed E-state index contributed by atoms with van der Waals surface area (Å²) in [5.41, 5.74) is 0. The molecule has 0 aliphatic rings. The van der Waals surface area contributed by atoms with Crippen LogP contribution in [0.5, 0.6) is 0 Å². The zero-order valence-electron chi connectivity index (χ0n) is 57.0. The number of allylic oxidation sites excluding steroid dienone is 20. The highest BCUT2D eigenvalue weighted by Crippen LogP contribution is 2.43. The van der Waals surface area contributed by atoms with Gasteiger partial charge in [0.05, 0.1) is 27.7 Å². The van der Waals surface area contributed by atoms with Crippen molar-refractivity contribution in [1.82, 2.24) is 0 Å². The van der Waals surface area contributed by atoms with Gasteiger partial charge in [-0.25, -0.2) is 4.57 Å². The number of esters is 2. The molecule has 0 saturated heterocycles. The number of likely N-dealkylation sites (N-methyl/N-ethyl adjacent to an activating group) is 1. The van der Waals surface area contributed by atoms with E-state index in [0.29, 0.717) is 17.4 Å². The largest absolute Gasteiger partial charge is 0.472 e. The topological polar surface area (TPSA) is 108 Å². The van der Waals surface area contributed by atoms with Crippen LogP contribution in [0.3, 0.4) is 0 Å². The lowest BCUT2D eigenvalue weighted by Crippen LogP contribution is -2.37. The lowest BCUT2D eigenvalue weighted by Gasteiger charge is -2.24. The zero-order valence-corrected chi connectivity index (χ0v) is 57.9. The van der Waals surface area contributed by atoms with Gasteiger partial charge in [-0.3, -0.25) is 18.6 Å². The Morgan fingerprint density at radius 1 is 0.368 bits per heavy atom. The molecule has 87 heavy (non-hydrogen) atoms. The summed E-state index contributed by atoms with van der Waals surface area (Å²) in [6.45, 7) is 4.34. The number of nitrogens with zero attached hydrogens (tertiary/aromatic N) is 1. The molecule has 1 N–H and O–H groups in total. The maximum absolute atomic E-state index is 12.9. The molecule has 0 bridgehead atoms. The van der Waals surface area contributed by atoms with Gasteiger partial charge in [-0.15, -0.1) is 0 Å². The summed E-state index contributed by atoms with van der Waals surface area (Å²) in [6.07, 6.45) is 95.9. The number of phosphoric ester groups is 1. The molecule has 0 aliphatic carbocycles. The minimum Gasteiger partial charge on any atom is -0.462 e. The molecule has 0 radical (unpaired) electrons. The number of rotatable bonds is 65. The first kappa shape index (κ1) is 83.4. The van der Waals surface area contributed by atoms with Crippen molar-refractivity contribution in [2.45, 2.75) is 309 Å². The second kappa shape index (κ2) is 66.8. The van der Waals surface area contributed by atoms with E-state index in [0.717, 1.165) is 109 Å². The van der Waals surface area contributed by atoms with Gasteiger partial charge in [0.2, 0.25) is 0 Å². The minimum absolute atomic E-state index is 0.0262. The van der Waals surface area contributed by atoms with Crippen molar-refractivity contribution >= 4 is 19.8 Å². The van der Waals surface area contributed by atoms with Crippen molar-refractivity contribution in [3.63, 3.8) is 0 Å². The number of hydrogen-bond donors (Lipinski definition) is 1. The lowest BCUT2D eigenvalue weighted by atomic mass is 10.0. The maximum Gasteiger partial charge on any atom is 0.472 e. The van der Waals surface area contributed by atoms with E-state index in [4.69, 9.17) is 18.5 Å². The molecule has 10 heteroatoms. The van der Waals surface area contributed by atoms with Gasteiger partial charge in [0.25, 0.3) is 0 Å². The molecule has 9 nitrogen and oxygen atoms in total. The van der Waals surface area contributed by atoms with Crippen LogP contribution < -0.4 is 0 Å². The highest BCUT2D eigenvalue weighted by Gasteiger charge is 2.27. The molecule has 0 amide bonds. The molecule has 0 aromatic carbocycles. The molecule has 0 aromatic heterocycles. The number of carbonyl (C=O) groups is 2. The highest BCUT2D eigenvalue weighted by molar-refractivity contribution is 7.47. The Morgan fingerprint density at radius 3 is 0.977 bits per heavy atom. The fourth-order valence-corrected chi connectivity index (χ4v) is 10.6. The van der Waals surface area contributed by atoms with E-state index < -0.39 is 26.5 Å². The van der Waals surface area contributed by atoms with Gasteiger partial charge in [0, 0.05) is 12.8 Å². The Hall–Kier alpha value is -3.59. The first-order valence-corrected chi connectivity index (χ1v) is 37.3. The molecular formula is C77H135NO8P+. The number of carbonyl (C=O) groups excluding carboxylic acids is 2. The molecule has 0 spiro atoms. The van der Waals surface area contributed by atoms with Crippen LogP contribution in [0.1, 0.15) is 303 Å². The molecule has 0 aliphatic heterocycles. The smallest absolute Gasteiger partial charge is 0.462 e. The molecule has 0 heterocycles. The third kappa shape index (κ3) is 71.4. The normalized spacial score (nSPS) is 13.9. The highest BCUT2D eigenvalue weighted by atomic mass is 31.2. The lowest BCUT2D eigenvalue weighted by molar-refractivity contribution is -0.870. The number of unbranched alkanes of at least 4 members (excludes halogenated alkanes) is 31. The van der Waals surface area contributed by atoms with Gasteiger partial charge >= 0.3 is 19.8 Å². The van der Waals surface area contributed by atoms with Crippen molar-refractivity contribution < 1.29 is 42.1 Å². The molecule has 0 rings (SSSR count). The Kier molecular flexibility index (Phi) is 64.1. The molecule has 500 valence electrons. The monoisotopic (exact) mass is 1230 g/mol. The maximum atomic E-state index is 12.9. The Bertz CT molecular complexity index is 1880. The van der Waals surface area contributed by atoms with Gasteiger partial charge in [-0.05, 0) is 89.9 Å². The zero-order chi connectivity index (χ0) is 63.4. The van der Waals surface area contributed by atoms with Gasteiger partial charge in [-0.2, -0.15) is 0 Å². The number of phosphoric acid groups is 1. The summed E-state index contributed by atoms with van der Waals surface area (Å²) in [4.78, 5) is 35.9. The van der Waals surface area contributed by atoms with Crippen molar-refractivity contribution in [2.24, 2.45) is 0 Å². The Balaban J connectivity index is 4.10. The average Bonchev–Trinajstić information content (AvgIpc) is 3.68. The van der Waals surface area contributed by atoms with E-state index >= 15 is 0 Å². The van der Waals surface area contributed by atoms with Gasteiger partial charge in [0.1, 0.15) is 19.8 Å². The van der Waals surface area contributed by atoms with Crippen molar-refractivity contribution in [3.05, 3.63) is 122 Å². The molecule has 0 fully saturated rings. The van der Waals surface area contributed by atoms with Crippen LogP contribution in [0.4, 0.5) is 0 Å². The van der Waals surface area contributed by atoms with Gasteiger partial charge in [0.15, 0.2) is 6.10 Å². The van der Waals surface area contributed by atoms with E-state index in [1.807, 2.05) is 21.1 Å². The fraction of sp³-hybridized carbons (Fsp3) is 0.714. The summed E-state index contributed by atoms with van der Waals surface area (Å²) in [5.74, 6) is -0.801. The Morgan fingerprint density at radius 2 is 0.655 bits per heavy atom. The number of hydrogen-bond acceptors (Lipinski definition) is 7. The summed E-state index contributed by atoms with van der Waals surface area (Å²) in [7, 11) is 1.47. The summed E-state index contributed by atoms with van der Waals surface area (Å²) in [6, 6.07) is 0. The summed E-state index contributed by atoms with van der Waals surface area (Å²) in [5, 5.41) is 0. The van der Waals surface area contributed by atoms with E-state index in [2.05, 4.69) is 135 Å². The predicted octanol–water partition coefficient (Wildman–Crippen LogP) is 23.4. The average molecular weight is 1230 g/mol. The fourth-order valence-electron chi connectivity index (χ4n) is 9.81. The number of ether oxygens (including phenoxy) is 2. The van der Waals surface area contributed by atoms with Crippen LogP contribution >= 0.6 is 7.82 Å². The second-order valence-electron chi connectivity index (χ2n) is 24.9. The van der Waals surface area contributed by atoms with Crippen LogP contribution in [0, 0.1) is 0 Å². The van der Waals surface area contributed by atoms with E-state index in [1.54, 1.807) is 0 Å². The number of quaternary nitrogens is 1. The van der Waals surface area contributed by atoms with Crippen LogP contribution in [-0.4, -0.2) is 74.9 Å². The van der Waals surface area contributed by atoms with Crippen molar-refractivity contribution in [2.75, 3.05) is 47.5 Å².